The van der Waals surface area contributed by atoms with E-state index in [1.54, 1.807) is 0 Å². The van der Waals surface area contributed by atoms with Crippen LogP contribution in [-0.4, -0.2) is 32.2 Å². The Morgan fingerprint density at radius 3 is 2.61 bits per heavy atom. The van der Waals surface area contributed by atoms with Gasteiger partial charge in [-0.2, -0.15) is 0 Å². The molecule has 0 saturated carbocycles. The molecule has 0 amide bonds. The maximum Gasteiger partial charge on any atom is 0.191 e. The first-order valence-corrected chi connectivity index (χ1v) is 8.12. The minimum absolute atomic E-state index is 0. The van der Waals surface area contributed by atoms with Crippen LogP contribution in [0.1, 0.15) is 31.2 Å². The van der Waals surface area contributed by atoms with Crippen molar-refractivity contribution in [2.24, 2.45) is 4.99 Å². The van der Waals surface area contributed by atoms with E-state index in [1.165, 1.54) is 5.56 Å². The van der Waals surface area contributed by atoms with E-state index >= 15 is 0 Å². The fourth-order valence-electron chi connectivity index (χ4n) is 2.42. The highest BCUT2D eigenvalue weighted by molar-refractivity contribution is 14.0. The first-order chi connectivity index (χ1) is 10.9. The lowest BCUT2D eigenvalue weighted by Crippen LogP contribution is -2.42. The Morgan fingerprint density at radius 2 is 1.91 bits per heavy atom. The molecule has 0 heterocycles. The average Bonchev–Trinajstić information content (AvgIpc) is 3.07. The number of hydrogen-bond acceptors (Lipinski definition) is 2. The van der Waals surface area contributed by atoms with Crippen molar-refractivity contribution in [3.05, 3.63) is 48.0 Å². The zero-order valence-electron chi connectivity index (χ0n) is 13.8. The van der Waals surface area contributed by atoms with Crippen LogP contribution in [0.3, 0.4) is 0 Å². The van der Waals surface area contributed by atoms with Gasteiger partial charge >= 0.3 is 0 Å². The van der Waals surface area contributed by atoms with Crippen molar-refractivity contribution in [2.45, 2.75) is 38.3 Å². The van der Waals surface area contributed by atoms with E-state index in [2.05, 4.69) is 39.9 Å². The van der Waals surface area contributed by atoms with Crippen molar-refractivity contribution in [3.63, 3.8) is 0 Å². The molecule has 0 aliphatic heterocycles. The predicted molar refractivity (Wildman–Crippen MR) is 107 cm³/mol. The van der Waals surface area contributed by atoms with Gasteiger partial charge in [0.05, 0.1) is 6.61 Å². The summed E-state index contributed by atoms with van der Waals surface area (Å²) >= 11 is 0. The first kappa shape index (κ1) is 20.0. The molecule has 128 valence electrons. The normalized spacial score (nSPS) is 14.6. The lowest BCUT2D eigenvalue weighted by atomic mass is 10.2. The number of hydrogen-bond donors (Lipinski definition) is 2. The van der Waals surface area contributed by atoms with Gasteiger partial charge in [0, 0.05) is 26.2 Å². The molecule has 1 aliphatic rings. The Hall–Kier alpha value is -1.08. The molecule has 4 nitrogen and oxygen atoms in total. The van der Waals surface area contributed by atoms with E-state index in [4.69, 9.17) is 4.74 Å². The number of nitrogens with one attached hydrogen (secondary N) is 2. The first-order valence-electron chi connectivity index (χ1n) is 8.12. The maximum atomic E-state index is 5.68. The van der Waals surface area contributed by atoms with E-state index in [0.717, 1.165) is 44.8 Å². The number of nitrogens with zero attached hydrogens (tertiary/aromatic N) is 1. The highest BCUT2D eigenvalue weighted by atomic mass is 127. The maximum absolute atomic E-state index is 5.68. The smallest absolute Gasteiger partial charge is 0.191 e. The van der Waals surface area contributed by atoms with E-state index in [0.29, 0.717) is 12.6 Å². The van der Waals surface area contributed by atoms with Crippen LogP contribution in [0, 0.1) is 0 Å². The SMILES string of the molecule is CN=C(NCCCCOCc1ccccc1)NC1CC=CC1.I. The Labute approximate surface area is 156 Å². The van der Waals surface area contributed by atoms with E-state index in [-0.39, 0.29) is 24.0 Å². The van der Waals surface area contributed by atoms with E-state index < -0.39 is 0 Å². The van der Waals surface area contributed by atoms with Crippen molar-refractivity contribution in [1.82, 2.24) is 10.6 Å². The van der Waals surface area contributed by atoms with Gasteiger partial charge in [0.25, 0.3) is 0 Å². The summed E-state index contributed by atoms with van der Waals surface area (Å²) < 4.78 is 5.68. The molecule has 0 unspecified atom stereocenters. The average molecular weight is 429 g/mol. The van der Waals surface area contributed by atoms with Gasteiger partial charge in [0.1, 0.15) is 0 Å². The third-order valence-electron chi connectivity index (χ3n) is 3.69. The lowest BCUT2D eigenvalue weighted by molar-refractivity contribution is 0.117. The Kier molecular flexibility index (Phi) is 10.7. The van der Waals surface area contributed by atoms with Crippen LogP contribution in [0.4, 0.5) is 0 Å². The third-order valence-corrected chi connectivity index (χ3v) is 3.69. The van der Waals surface area contributed by atoms with Crippen LogP contribution in [0.25, 0.3) is 0 Å². The number of ether oxygens (including phenoxy) is 1. The van der Waals surface area contributed by atoms with Crippen LogP contribution < -0.4 is 10.6 Å². The molecule has 0 bridgehead atoms. The summed E-state index contributed by atoms with van der Waals surface area (Å²) in [6.07, 6.45) is 8.76. The van der Waals surface area contributed by atoms with Gasteiger partial charge in [-0.1, -0.05) is 42.5 Å². The zero-order valence-corrected chi connectivity index (χ0v) is 16.2. The second-order valence-electron chi connectivity index (χ2n) is 5.53. The van der Waals surface area contributed by atoms with E-state index in [1.807, 2.05) is 25.2 Å². The van der Waals surface area contributed by atoms with Gasteiger partial charge in [0.2, 0.25) is 0 Å². The number of rotatable bonds is 8. The Bertz CT molecular complexity index is 468. The summed E-state index contributed by atoms with van der Waals surface area (Å²) in [7, 11) is 1.82. The summed E-state index contributed by atoms with van der Waals surface area (Å²) in [6, 6.07) is 10.8. The Balaban J connectivity index is 0.00000264. The molecule has 0 saturated heterocycles. The highest BCUT2D eigenvalue weighted by Gasteiger charge is 2.10. The van der Waals surface area contributed by atoms with Gasteiger partial charge in [-0.15, -0.1) is 24.0 Å². The monoisotopic (exact) mass is 429 g/mol. The van der Waals surface area contributed by atoms with Gasteiger partial charge in [-0.25, -0.2) is 0 Å². The number of halogens is 1. The minimum Gasteiger partial charge on any atom is -0.377 e. The molecule has 2 N–H and O–H groups in total. The number of guanidine groups is 1. The second kappa shape index (κ2) is 12.4. The molecule has 1 aromatic carbocycles. The van der Waals surface area contributed by atoms with Crippen LogP contribution in [0.15, 0.2) is 47.5 Å². The molecule has 0 atom stereocenters. The van der Waals surface area contributed by atoms with Gasteiger partial charge in [0.15, 0.2) is 5.96 Å². The van der Waals surface area contributed by atoms with Crippen LogP contribution in [0.2, 0.25) is 0 Å². The van der Waals surface area contributed by atoms with Gasteiger partial charge < -0.3 is 15.4 Å². The molecule has 5 heteroatoms. The molecule has 23 heavy (non-hydrogen) atoms. The third kappa shape index (κ3) is 8.37. The minimum atomic E-state index is 0. The summed E-state index contributed by atoms with van der Waals surface area (Å²) in [5.74, 6) is 0.902. The van der Waals surface area contributed by atoms with Gasteiger partial charge in [-0.3, -0.25) is 4.99 Å². The fraction of sp³-hybridized carbons (Fsp3) is 0.500. The quantitative estimate of drug-likeness (QED) is 0.219. The van der Waals surface area contributed by atoms with Crippen molar-refractivity contribution >= 4 is 29.9 Å². The largest absolute Gasteiger partial charge is 0.377 e. The second-order valence-corrected chi connectivity index (χ2v) is 5.53. The van der Waals surface area contributed by atoms with E-state index in [9.17, 15) is 0 Å². The molecule has 0 spiro atoms. The Morgan fingerprint density at radius 1 is 1.17 bits per heavy atom. The molecule has 0 fully saturated rings. The number of benzene rings is 1. The van der Waals surface area contributed by atoms with Gasteiger partial charge in [-0.05, 0) is 31.2 Å². The molecule has 0 aromatic heterocycles. The summed E-state index contributed by atoms with van der Waals surface area (Å²) in [5.41, 5.74) is 1.23. The molecule has 2 rings (SSSR count). The summed E-state index contributed by atoms with van der Waals surface area (Å²) in [5, 5.41) is 6.79. The number of unbranched alkanes of at least 4 members (excludes halogenated alkanes) is 1. The molecular weight excluding hydrogens is 401 g/mol. The molecule has 0 radical (unpaired) electrons. The van der Waals surface area contributed by atoms with Crippen LogP contribution in [0.5, 0.6) is 0 Å². The van der Waals surface area contributed by atoms with Crippen molar-refractivity contribution in [3.8, 4) is 0 Å². The summed E-state index contributed by atoms with van der Waals surface area (Å²) in [6.45, 7) is 2.43. The van der Waals surface area contributed by atoms with Crippen molar-refractivity contribution in [2.75, 3.05) is 20.2 Å². The number of aliphatic imine (C=N–C) groups is 1. The fourth-order valence-corrected chi connectivity index (χ4v) is 2.42. The van der Waals surface area contributed by atoms with Crippen LogP contribution >= 0.6 is 24.0 Å². The van der Waals surface area contributed by atoms with Crippen LogP contribution in [-0.2, 0) is 11.3 Å². The molecule has 1 aromatic rings. The molecular formula is C18H28IN3O. The predicted octanol–water partition coefficient (Wildman–Crippen LogP) is 3.49. The lowest BCUT2D eigenvalue weighted by Gasteiger charge is -2.16. The molecule has 1 aliphatic carbocycles. The topological polar surface area (TPSA) is 45.7 Å². The summed E-state index contributed by atoms with van der Waals surface area (Å²) in [4.78, 5) is 4.26. The zero-order chi connectivity index (χ0) is 15.5. The standard InChI is InChI=1S/C18H27N3O.HI/c1-19-18(21-17-11-5-6-12-17)20-13-7-8-14-22-15-16-9-3-2-4-10-16;/h2-6,9-10,17H,7-8,11-15H2,1H3,(H2,19,20,21);1H. The van der Waals surface area contributed by atoms with Crippen molar-refractivity contribution in [1.29, 1.82) is 0 Å². The van der Waals surface area contributed by atoms with Crippen molar-refractivity contribution < 1.29 is 4.74 Å². The highest BCUT2D eigenvalue weighted by Crippen LogP contribution is 2.08.